The van der Waals surface area contributed by atoms with Crippen molar-refractivity contribution in [1.82, 2.24) is 15.2 Å². The van der Waals surface area contributed by atoms with Gasteiger partial charge in [0.15, 0.2) is 0 Å². The van der Waals surface area contributed by atoms with Gasteiger partial charge < -0.3 is 15.0 Å². The molecule has 0 saturated carbocycles. The molecule has 0 unspecified atom stereocenters. The Bertz CT molecular complexity index is 831. The maximum atomic E-state index is 13.5. The fourth-order valence-electron chi connectivity index (χ4n) is 4.76. The summed E-state index contributed by atoms with van der Waals surface area (Å²) in [5, 5.41) is 3.72. The van der Waals surface area contributed by atoms with Crippen LogP contribution in [0.5, 0.6) is 5.88 Å². The van der Waals surface area contributed by atoms with Gasteiger partial charge in [-0.15, -0.1) is 0 Å². The number of piperidine rings is 1. The first kappa shape index (κ1) is 23.3. The van der Waals surface area contributed by atoms with Crippen molar-refractivity contribution in [3.05, 3.63) is 59.8 Å². The van der Waals surface area contributed by atoms with Crippen LogP contribution in [0.3, 0.4) is 0 Å². The van der Waals surface area contributed by atoms with Crippen molar-refractivity contribution in [3.8, 4) is 5.88 Å². The van der Waals surface area contributed by atoms with E-state index in [2.05, 4.69) is 49.8 Å². The van der Waals surface area contributed by atoms with Gasteiger partial charge in [0.1, 0.15) is 6.61 Å². The third-order valence-electron chi connectivity index (χ3n) is 5.84. The second kappa shape index (κ2) is 9.82. The number of unbranched alkanes of at least 4 members (excludes halogenated alkanes) is 1. The first-order valence-electron chi connectivity index (χ1n) is 11.4. The Hall–Kier alpha value is -2.40. The topological polar surface area (TPSA) is 54.5 Å². The summed E-state index contributed by atoms with van der Waals surface area (Å²) in [6.07, 6.45) is 5.60. The molecule has 5 nitrogen and oxygen atoms in total. The molecule has 1 aromatic heterocycles. The molecule has 31 heavy (non-hydrogen) atoms. The summed E-state index contributed by atoms with van der Waals surface area (Å²) in [6, 6.07) is 13.8. The number of pyridine rings is 1. The minimum absolute atomic E-state index is 0.00938. The van der Waals surface area contributed by atoms with E-state index < -0.39 is 0 Å². The molecule has 5 heteroatoms. The Kier molecular flexibility index (Phi) is 7.37. The number of nitrogens with zero attached hydrogens (tertiary/aromatic N) is 2. The Balaban J connectivity index is 1.72. The van der Waals surface area contributed by atoms with Crippen LogP contribution in [0, 0.1) is 0 Å². The van der Waals surface area contributed by atoms with E-state index >= 15 is 0 Å². The molecule has 1 aliphatic heterocycles. The number of rotatable bonds is 8. The molecule has 0 spiro atoms. The summed E-state index contributed by atoms with van der Waals surface area (Å²) in [5.41, 5.74) is 1.69. The number of carbonyl (C=O) groups is 1. The van der Waals surface area contributed by atoms with Crippen LogP contribution in [0.4, 0.5) is 0 Å². The van der Waals surface area contributed by atoms with Crippen molar-refractivity contribution >= 4 is 5.91 Å². The zero-order valence-electron chi connectivity index (χ0n) is 19.6. The molecule has 1 aliphatic rings. The first-order valence-corrected chi connectivity index (χ1v) is 11.4. The molecule has 1 fully saturated rings. The number of benzene rings is 1. The lowest BCUT2D eigenvalue weighted by atomic mass is 9.79. The number of carbonyl (C=O) groups excluding carboxylic acids is 1. The monoisotopic (exact) mass is 423 g/mol. The Morgan fingerprint density at radius 3 is 2.35 bits per heavy atom. The standard InChI is InChI=1S/C26H37N3O2/c1-6-7-15-29(22-16-25(2,3)28-26(4,5)17-22)24(30)21-13-14-23(27-18-21)31-19-20-11-9-8-10-12-20/h8-14,18,22,28H,6-7,15-17,19H2,1-5H3. The highest BCUT2D eigenvalue weighted by atomic mass is 16.5. The summed E-state index contributed by atoms with van der Waals surface area (Å²) in [4.78, 5) is 20.0. The van der Waals surface area contributed by atoms with Gasteiger partial charge >= 0.3 is 0 Å². The van der Waals surface area contributed by atoms with Crippen LogP contribution in [0.15, 0.2) is 48.7 Å². The summed E-state index contributed by atoms with van der Waals surface area (Å²) in [6.45, 7) is 12.3. The number of aromatic nitrogens is 1. The maximum absolute atomic E-state index is 13.5. The van der Waals surface area contributed by atoms with Crippen molar-refractivity contribution in [1.29, 1.82) is 0 Å². The predicted molar refractivity (Wildman–Crippen MR) is 125 cm³/mol. The maximum Gasteiger partial charge on any atom is 0.255 e. The van der Waals surface area contributed by atoms with Gasteiger partial charge in [0, 0.05) is 35.9 Å². The molecule has 1 amide bonds. The van der Waals surface area contributed by atoms with Crippen molar-refractivity contribution < 1.29 is 9.53 Å². The summed E-state index contributed by atoms with van der Waals surface area (Å²) in [7, 11) is 0. The van der Waals surface area contributed by atoms with E-state index in [1.807, 2.05) is 36.4 Å². The van der Waals surface area contributed by atoms with Crippen molar-refractivity contribution in [2.24, 2.45) is 0 Å². The van der Waals surface area contributed by atoms with Gasteiger partial charge in [-0.1, -0.05) is 43.7 Å². The Morgan fingerprint density at radius 2 is 1.77 bits per heavy atom. The van der Waals surface area contributed by atoms with Crippen molar-refractivity contribution in [3.63, 3.8) is 0 Å². The molecule has 0 aliphatic carbocycles. The Labute approximate surface area is 187 Å². The van der Waals surface area contributed by atoms with Crippen LogP contribution in [0.25, 0.3) is 0 Å². The minimum atomic E-state index is -0.00938. The van der Waals surface area contributed by atoms with Crippen molar-refractivity contribution in [2.45, 2.75) is 84.0 Å². The lowest BCUT2D eigenvalue weighted by Gasteiger charge is -2.49. The molecular formula is C26H37N3O2. The quantitative estimate of drug-likeness (QED) is 0.633. The average molecular weight is 424 g/mol. The summed E-state index contributed by atoms with van der Waals surface area (Å²) in [5.74, 6) is 0.596. The first-order chi connectivity index (χ1) is 14.7. The zero-order chi connectivity index (χ0) is 22.5. The van der Waals surface area contributed by atoms with Gasteiger partial charge in [-0.05, 0) is 58.6 Å². The van der Waals surface area contributed by atoms with E-state index in [1.54, 1.807) is 12.3 Å². The SMILES string of the molecule is CCCCN(C(=O)c1ccc(OCc2ccccc2)nc1)C1CC(C)(C)NC(C)(C)C1. The molecule has 1 saturated heterocycles. The van der Waals surface area contributed by atoms with Gasteiger partial charge in [0.25, 0.3) is 5.91 Å². The van der Waals surface area contributed by atoms with Gasteiger partial charge in [-0.25, -0.2) is 4.98 Å². The van der Waals surface area contributed by atoms with Gasteiger partial charge in [0.2, 0.25) is 5.88 Å². The van der Waals surface area contributed by atoms with Crippen LogP contribution in [-0.4, -0.2) is 39.5 Å². The second-order valence-corrected chi connectivity index (χ2v) is 9.97. The Morgan fingerprint density at radius 1 is 1.10 bits per heavy atom. The van der Waals surface area contributed by atoms with Gasteiger partial charge in [-0.2, -0.15) is 0 Å². The summed E-state index contributed by atoms with van der Waals surface area (Å²) >= 11 is 0. The molecule has 0 radical (unpaired) electrons. The van der Waals surface area contributed by atoms with E-state index in [1.165, 1.54) is 0 Å². The number of nitrogens with one attached hydrogen (secondary N) is 1. The van der Waals surface area contributed by atoms with E-state index in [0.29, 0.717) is 18.1 Å². The highest BCUT2D eigenvalue weighted by Crippen LogP contribution is 2.32. The molecule has 0 atom stereocenters. The molecule has 3 rings (SSSR count). The average Bonchev–Trinajstić information content (AvgIpc) is 2.71. The third kappa shape index (κ3) is 6.54. The fourth-order valence-corrected chi connectivity index (χ4v) is 4.76. The number of hydrogen-bond donors (Lipinski definition) is 1. The molecule has 1 aromatic carbocycles. The largest absolute Gasteiger partial charge is 0.473 e. The third-order valence-corrected chi connectivity index (χ3v) is 5.84. The van der Waals surface area contributed by atoms with E-state index in [-0.39, 0.29) is 23.0 Å². The zero-order valence-corrected chi connectivity index (χ0v) is 19.6. The van der Waals surface area contributed by atoms with Gasteiger partial charge in [-0.3, -0.25) is 4.79 Å². The lowest BCUT2D eigenvalue weighted by Crippen LogP contribution is -2.62. The molecular weight excluding hydrogens is 386 g/mol. The molecule has 0 bridgehead atoms. The molecule has 2 heterocycles. The second-order valence-electron chi connectivity index (χ2n) is 9.97. The molecule has 1 N–H and O–H groups in total. The summed E-state index contributed by atoms with van der Waals surface area (Å²) < 4.78 is 5.78. The molecule has 2 aromatic rings. The van der Waals surface area contributed by atoms with Crippen LogP contribution < -0.4 is 10.1 Å². The molecule has 168 valence electrons. The highest BCUT2D eigenvalue weighted by Gasteiger charge is 2.41. The van der Waals surface area contributed by atoms with E-state index in [9.17, 15) is 4.79 Å². The number of hydrogen-bond acceptors (Lipinski definition) is 4. The fraction of sp³-hybridized carbons (Fsp3) is 0.538. The van der Waals surface area contributed by atoms with Crippen LogP contribution in [0.1, 0.15) is 76.2 Å². The van der Waals surface area contributed by atoms with E-state index in [0.717, 1.165) is 37.8 Å². The van der Waals surface area contributed by atoms with Crippen molar-refractivity contribution in [2.75, 3.05) is 6.54 Å². The number of ether oxygens (including phenoxy) is 1. The van der Waals surface area contributed by atoms with Gasteiger partial charge in [0.05, 0.1) is 5.56 Å². The van der Waals surface area contributed by atoms with Crippen LogP contribution >= 0.6 is 0 Å². The van der Waals surface area contributed by atoms with Crippen LogP contribution in [0.2, 0.25) is 0 Å². The minimum Gasteiger partial charge on any atom is -0.473 e. The lowest BCUT2D eigenvalue weighted by molar-refractivity contribution is 0.0441. The van der Waals surface area contributed by atoms with E-state index in [4.69, 9.17) is 4.74 Å². The van der Waals surface area contributed by atoms with Crippen LogP contribution in [-0.2, 0) is 6.61 Å². The smallest absolute Gasteiger partial charge is 0.255 e. The highest BCUT2D eigenvalue weighted by molar-refractivity contribution is 5.94. The predicted octanol–water partition coefficient (Wildman–Crippen LogP) is 5.21. The number of amides is 1. The normalized spacial score (nSPS) is 17.8.